The van der Waals surface area contributed by atoms with Gasteiger partial charge in [-0.25, -0.2) is 0 Å². The van der Waals surface area contributed by atoms with Crippen molar-refractivity contribution in [2.75, 3.05) is 0 Å². The van der Waals surface area contributed by atoms with Crippen molar-refractivity contribution in [2.45, 2.75) is 36.7 Å². The van der Waals surface area contributed by atoms with Crippen LogP contribution in [0.3, 0.4) is 0 Å². The van der Waals surface area contributed by atoms with Crippen LogP contribution in [0, 0.1) is 0 Å². The molecule has 0 fully saturated rings. The molecule has 0 aliphatic rings. The van der Waals surface area contributed by atoms with E-state index < -0.39 is 0 Å². The van der Waals surface area contributed by atoms with Gasteiger partial charge in [-0.2, -0.15) is 0 Å². The average molecular weight is 227 g/mol. The maximum Gasteiger partial charge on any atom is -0.870 e. The zero-order valence-corrected chi connectivity index (χ0v) is 8.84. The van der Waals surface area contributed by atoms with Crippen molar-refractivity contribution in [3.63, 3.8) is 0 Å². The monoisotopic (exact) mass is 226 g/mol. The molecule has 0 aliphatic carbocycles. The molecule has 0 atom stereocenters. The summed E-state index contributed by atoms with van der Waals surface area (Å²) in [6.07, 6.45) is 5.73. The van der Waals surface area contributed by atoms with E-state index in [1.54, 1.807) is 24.7 Å². The first-order valence-corrected chi connectivity index (χ1v) is 4.80. The Morgan fingerprint density at radius 3 is 1.70 bits per heavy atom. The Morgan fingerprint density at radius 2 is 1.40 bits per heavy atom. The van der Waals surface area contributed by atoms with Crippen LogP contribution in [0.4, 0.5) is 0 Å². The number of hydrogen-bond acceptors (Lipinski definition) is 3. The van der Waals surface area contributed by atoms with Crippen LogP contribution in [0.15, 0.2) is 0 Å². The molecule has 10 heavy (non-hydrogen) atoms. The van der Waals surface area contributed by atoms with Crippen LogP contribution in [-0.4, -0.2) is 16.4 Å². The molecule has 3 nitrogen and oxygen atoms in total. The van der Waals surface area contributed by atoms with Crippen molar-refractivity contribution >= 4 is 0 Å². The average Bonchev–Trinajstić information content (AvgIpc) is 1.69. The van der Waals surface area contributed by atoms with Gasteiger partial charge in [0.2, 0.25) is 0 Å². The molecule has 4 heteroatoms. The minimum atomic E-state index is 0. The van der Waals surface area contributed by atoms with Crippen LogP contribution < -0.4 is 0 Å². The second-order valence-corrected chi connectivity index (χ2v) is 3.04. The molecule has 62 valence electrons. The molecule has 0 aliphatic heterocycles. The minimum Gasteiger partial charge on any atom is -0.870 e. The molecule has 0 bridgehead atoms. The van der Waals surface area contributed by atoms with E-state index >= 15 is 0 Å². The summed E-state index contributed by atoms with van der Waals surface area (Å²) in [7, 11) is 0. The molecule has 0 aromatic carbocycles. The number of unbranched alkanes of at least 4 members (excludes halogenated alkanes) is 3. The normalized spacial score (nSPS) is 6.70. The minimum absolute atomic E-state index is 0. The molecule has 0 radical (unpaired) electrons. The van der Waals surface area contributed by atoms with Crippen LogP contribution in [0.25, 0.3) is 0 Å². The second kappa shape index (κ2) is 22.6. The Balaban J connectivity index is -0.0000000600. The first kappa shape index (κ1) is 22.4. The third-order valence-corrected chi connectivity index (χ3v) is 1.90. The maximum absolute atomic E-state index is 2.25. The molecule has 0 saturated heterocycles. The van der Waals surface area contributed by atoms with Gasteiger partial charge in [0, 0.05) is 0 Å². The summed E-state index contributed by atoms with van der Waals surface area (Å²) < 4.78 is 1.45. The fourth-order valence-electron chi connectivity index (χ4n) is 0.552. The molecule has 0 aromatic heterocycles. The summed E-state index contributed by atoms with van der Waals surface area (Å²) >= 11 is 1.70. The molecule has 3 N–H and O–H groups in total. The van der Waals surface area contributed by atoms with Crippen molar-refractivity contribution in [1.82, 2.24) is 0 Å². The van der Waals surface area contributed by atoms with Gasteiger partial charge in [-0.3, -0.25) is 0 Å². The van der Waals surface area contributed by atoms with Gasteiger partial charge in [-0.1, -0.05) is 0 Å². The van der Waals surface area contributed by atoms with Crippen molar-refractivity contribution in [3.8, 4) is 0 Å². The summed E-state index contributed by atoms with van der Waals surface area (Å²) in [6, 6.07) is 0. The van der Waals surface area contributed by atoms with Gasteiger partial charge < -0.3 is 16.4 Å². The Bertz CT molecular complexity index is 32.2. The van der Waals surface area contributed by atoms with Gasteiger partial charge in [0.1, 0.15) is 0 Å². The predicted molar refractivity (Wildman–Crippen MR) is 34.8 cm³/mol. The Hall–Kier alpha value is 0.763. The predicted octanol–water partition coefficient (Wildman–Crippen LogP) is 2.00. The van der Waals surface area contributed by atoms with Gasteiger partial charge in [-0.05, 0) is 0 Å². The van der Waals surface area contributed by atoms with Gasteiger partial charge in [0.15, 0.2) is 0 Å². The summed E-state index contributed by atoms with van der Waals surface area (Å²) in [6.45, 7) is 2.25. The van der Waals surface area contributed by atoms with Crippen molar-refractivity contribution in [3.05, 3.63) is 0 Å². The molecule has 0 heterocycles. The SMILES string of the molecule is CCCCC[CH2][Zr+3].[OH-].[OH-].[OH-]. The van der Waals surface area contributed by atoms with Crippen molar-refractivity contribution in [2.24, 2.45) is 0 Å². The zero-order chi connectivity index (χ0) is 5.54. The largest absolute Gasteiger partial charge is 0.870 e. The molecule has 0 unspecified atom stereocenters. The van der Waals surface area contributed by atoms with E-state index in [1.165, 1.54) is 29.8 Å². The fourth-order valence-corrected chi connectivity index (χ4v) is 1.17. The van der Waals surface area contributed by atoms with E-state index in [9.17, 15) is 0 Å². The van der Waals surface area contributed by atoms with E-state index in [4.69, 9.17) is 0 Å². The summed E-state index contributed by atoms with van der Waals surface area (Å²) in [5.41, 5.74) is 0. The molecular weight excluding hydrogens is 211 g/mol. The van der Waals surface area contributed by atoms with Gasteiger partial charge >= 0.3 is 61.5 Å². The Morgan fingerprint density at radius 1 is 0.900 bits per heavy atom. The Labute approximate surface area is 78.0 Å². The third kappa shape index (κ3) is 23.3. The van der Waals surface area contributed by atoms with Crippen LogP contribution >= 0.6 is 0 Å². The van der Waals surface area contributed by atoms with E-state index in [-0.39, 0.29) is 16.4 Å². The quantitative estimate of drug-likeness (QED) is 0.688. The van der Waals surface area contributed by atoms with E-state index in [1.807, 2.05) is 0 Å². The topological polar surface area (TPSA) is 90.0 Å². The maximum atomic E-state index is 2.25. The molecule has 0 amide bonds. The zero-order valence-electron chi connectivity index (χ0n) is 6.38. The number of rotatable bonds is 4. The van der Waals surface area contributed by atoms with E-state index in [0.717, 1.165) is 0 Å². The summed E-state index contributed by atoms with van der Waals surface area (Å²) in [5, 5.41) is 0. The fraction of sp³-hybridized carbons (Fsp3) is 1.00. The van der Waals surface area contributed by atoms with Crippen molar-refractivity contribution in [1.29, 1.82) is 0 Å². The first-order valence-electron chi connectivity index (χ1n) is 3.06. The second-order valence-electron chi connectivity index (χ2n) is 1.81. The summed E-state index contributed by atoms with van der Waals surface area (Å²) in [5.74, 6) is 0. The Kier molecular flexibility index (Phi) is 50.6. The number of hydrogen-bond donors (Lipinski definition) is 0. The van der Waals surface area contributed by atoms with Gasteiger partial charge in [-0.15, -0.1) is 0 Å². The van der Waals surface area contributed by atoms with Gasteiger partial charge in [0.05, 0.1) is 0 Å². The molecular formula is C6H16O3Zr. The first-order chi connectivity index (χ1) is 3.41. The van der Waals surface area contributed by atoms with Crippen LogP contribution in [0.1, 0.15) is 32.6 Å². The van der Waals surface area contributed by atoms with E-state index in [0.29, 0.717) is 0 Å². The van der Waals surface area contributed by atoms with Crippen LogP contribution in [-0.2, 0) is 24.7 Å². The van der Waals surface area contributed by atoms with E-state index in [2.05, 4.69) is 6.92 Å². The molecule has 0 aromatic rings. The molecule has 0 spiro atoms. The smallest absolute Gasteiger partial charge is 0.870 e. The third-order valence-electron chi connectivity index (χ3n) is 1.03. The molecule has 0 rings (SSSR count). The van der Waals surface area contributed by atoms with Gasteiger partial charge in [0.25, 0.3) is 0 Å². The van der Waals surface area contributed by atoms with Crippen LogP contribution in [0.5, 0.6) is 0 Å². The summed E-state index contributed by atoms with van der Waals surface area (Å²) in [4.78, 5) is 0. The molecule has 0 saturated carbocycles. The van der Waals surface area contributed by atoms with Crippen LogP contribution in [0.2, 0.25) is 4.13 Å². The standard InChI is InChI=1S/C6H13.3H2O.Zr/c1-3-5-6-4-2;;;;/h1,3-6H2,2H3;3*1H2;/q;;;;+3/p-3. The van der Waals surface area contributed by atoms with Crippen molar-refractivity contribution < 1.29 is 41.1 Å².